The van der Waals surface area contributed by atoms with Gasteiger partial charge in [-0.3, -0.25) is 9.78 Å². The Balaban J connectivity index is 1.86. The van der Waals surface area contributed by atoms with E-state index in [2.05, 4.69) is 37.1 Å². The van der Waals surface area contributed by atoms with Gasteiger partial charge in [0.1, 0.15) is 0 Å². The van der Waals surface area contributed by atoms with E-state index in [1.807, 2.05) is 48.5 Å². The molecule has 23 heavy (non-hydrogen) atoms. The largest absolute Gasteiger partial charge is 0.322 e. The molecule has 1 amide bonds. The van der Waals surface area contributed by atoms with Crippen LogP contribution in [0, 0.1) is 0 Å². The third kappa shape index (κ3) is 3.39. The monoisotopic (exact) mass is 304 g/mol. The topological polar surface area (TPSA) is 42.0 Å². The van der Waals surface area contributed by atoms with Crippen LogP contribution in [0.3, 0.4) is 0 Å². The average molecular weight is 304 g/mol. The highest BCUT2D eigenvalue weighted by Gasteiger charge is 2.15. The van der Waals surface area contributed by atoms with E-state index >= 15 is 0 Å². The minimum absolute atomic E-state index is 0.0188. The Bertz CT molecular complexity index is 863. The SMILES string of the molecule is CC(C)(C)c1cccc(C(=O)Nc2ccc3ncccc3c2)c1. The molecule has 2 aromatic carbocycles. The Morgan fingerprint density at radius 2 is 1.83 bits per heavy atom. The number of rotatable bonds is 2. The molecule has 0 unspecified atom stereocenters. The molecule has 3 heteroatoms. The van der Waals surface area contributed by atoms with Crippen molar-refractivity contribution in [3.8, 4) is 0 Å². The van der Waals surface area contributed by atoms with Crippen LogP contribution in [0.4, 0.5) is 5.69 Å². The van der Waals surface area contributed by atoms with Gasteiger partial charge in [-0.05, 0) is 47.4 Å². The zero-order valence-electron chi connectivity index (χ0n) is 13.6. The van der Waals surface area contributed by atoms with E-state index in [9.17, 15) is 4.79 Å². The highest BCUT2D eigenvalue weighted by molar-refractivity contribution is 6.05. The van der Waals surface area contributed by atoms with E-state index in [0.717, 1.165) is 22.2 Å². The van der Waals surface area contributed by atoms with Crippen LogP contribution >= 0.6 is 0 Å². The van der Waals surface area contributed by atoms with Crippen molar-refractivity contribution < 1.29 is 4.79 Å². The maximum absolute atomic E-state index is 12.5. The fourth-order valence-electron chi connectivity index (χ4n) is 2.48. The van der Waals surface area contributed by atoms with Crippen LogP contribution in [0.25, 0.3) is 10.9 Å². The quantitative estimate of drug-likeness (QED) is 0.740. The van der Waals surface area contributed by atoms with Crippen LogP contribution in [0.15, 0.2) is 60.8 Å². The molecule has 3 nitrogen and oxygen atoms in total. The van der Waals surface area contributed by atoms with Crippen LogP contribution in [0.2, 0.25) is 0 Å². The first-order chi connectivity index (χ1) is 10.9. The lowest BCUT2D eigenvalue weighted by atomic mass is 9.86. The molecule has 0 atom stereocenters. The van der Waals surface area contributed by atoms with Gasteiger partial charge in [-0.25, -0.2) is 0 Å². The number of anilines is 1. The number of pyridine rings is 1. The van der Waals surface area contributed by atoms with Gasteiger partial charge in [0.2, 0.25) is 0 Å². The van der Waals surface area contributed by atoms with Crippen LogP contribution < -0.4 is 5.32 Å². The Morgan fingerprint density at radius 3 is 2.61 bits per heavy atom. The molecule has 1 heterocycles. The molecule has 3 rings (SSSR count). The summed E-state index contributed by atoms with van der Waals surface area (Å²) >= 11 is 0. The van der Waals surface area contributed by atoms with Crippen molar-refractivity contribution in [1.82, 2.24) is 4.98 Å². The van der Waals surface area contributed by atoms with Crippen molar-refractivity contribution in [2.45, 2.75) is 26.2 Å². The summed E-state index contributed by atoms with van der Waals surface area (Å²) in [6.45, 7) is 6.42. The second-order valence-electron chi connectivity index (χ2n) is 6.70. The zero-order valence-corrected chi connectivity index (χ0v) is 13.6. The van der Waals surface area contributed by atoms with Gasteiger partial charge in [-0.2, -0.15) is 0 Å². The number of carbonyl (C=O) groups is 1. The van der Waals surface area contributed by atoms with E-state index < -0.39 is 0 Å². The van der Waals surface area contributed by atoms with Crippen molar-refractivity contribution in [2.24, 2.45) is 0 Å². The van der Waals surface area contributed by atoms with E-state index in [0.29, 0.717) is 5.56 Å². The van der Waals surface area contributed by atoms with E-state index in [-0.39, 0.29) is 11.3 Å². The summed E-state index contributed by atoms with van der Waals surface area (Å²) in [6.07, 6.45) is 1.76. The highest BCUT2D eigenvalue weighted by atomic mass is 16.1. The summed E-state index contributed by atoms with van der Waals surface area (Å²) in [5, 5.41) is 3.97. The lowest BCUT2D eigenvalue weighted by Gasteiger charge is -2.19. The molecule has 1 aromatic heterocycles. The van der Waals surface area contributed by atoms with Crippen molar-refractivity contribution in [3.05, 3.63) is 71.9 Å². The molecule has 0 aliphatic carbocycles. The fraction of sp³-hybridized carbons (Fsp3) is 0.200. The molecule has 3 aromatic rings. The summed E-state index contributed by atoms with van der Waals surface area (Å²) in [6, 6.07) is 17.4. The second-order valence-corrected chi connectivity index (χ2v) is 6.70. The number of fused-ring (bicyclic) bond motifs is 1. The maximum atomic E-state index is 12.5. The minimum Gasteiger partial charge on any atom is -0.322 e. The molecule has 1 N–H and O–H groups in total. The predicted octanol–water partition coefficient (Wildman–Crippen LogP) is 4.78. The molecule has 0 saturated heterocycles. The molecule has 116 valence electrons. The molecular weight excluding hydrogens is 284 g/mol. The zero-order chi connectivity index (χ0) is 16.4. The van der Waals surface area contributed by atoms with Gasteiger partial charge in [0.05, 0.1) is 5.52 Å². The van der Waals surface area contributed by atoms with Gasteiger partial charge in [0, 0.05) is 22.8 Å². The van der Waals surface area contributed by atoms with Crippen LogP contribution in [0.5, 0.6) is 0 Å². The number of benzene rings is 2. The molecule has 0 fully saturated rings. The minimum atomic E-state index is -0.0978. The number of nitrogens with zero attached hydrogens (tertiary/aromatic N) is 1. The fourth-order valence-corrected chi connectivity index (χ4v) is 2.48. The number of hydrogen-bond acceptors (Lipinski definition) is 2. The molecule has 0 bridgehead atoms. The van der Waals surface area contributed by atoms with Crippen LogP contribution in [-0.4, -0.2) is 10.9 Å². The number of carbonyl (C=O) groups excluding carboxylic acids is 1. The maximum Gasteiger partial charge on any atom is 0.255 e. The highest BCUT2D eigenvalue weighted by Crippen LogP contribution is 2.23. The van der Waals surface area contributed by atoms with Crippen molar-refractivity contribution in [3.63, 3.8) is 0 Å². The number of aromatic nitrogens is 1. The summed E-state index contributed by atoms with van der Waals surface area (Å²) in [4.78, 5) is 16.8. The molecular formula is C20H20N2O. The molecule has 0 radical (unpaired) electrons. The van der Waals surface area contributed by atoms with Gasteiger partial charge >= 0.3 is 0 Å². The Morgan fingerprint density at radius 1 is 1.00 bits per heavy atom. The Hall–Kier alpha value is -2.68. The summed E-state index contributed by atoms with van der Waals surface area (Å²) in [7, 11) is 0. The summed E-state index contributed by atoms with van der Waals surface area (Å²) in [5.41, 5.74) is 3.53. The molecule has 0 spiro atoms. The molecule has 0 aliphatic rings. The van der Waals surface area contributed by atoms with Crippen molar-refractivity contribution >= 4 is 22.5 Å². The lowest BCUT2D eigenvalue weighted by Crippen LogP contribution is -2.15. The van der Waals surface area contributed by atoms with Crippen LogP contribution in [-0.2, 0) is 5.41 Å². The average Bonchev–Trinajstić information content (AvgIpc) is 2.54. The first kappa shape index (κ1) is 15.2. The number of amides is 1. The van der Waals surface area contributed by atoms with Gasteiger partial charge in [0.15, 0.2) is 0 Å². The predicted molar refractivity (Wildman–Crippen MR) is 94.8 cm³/mol. The first-order valence-electron chi connectivity index (χ1n) is 7.70. The number of hydrogen-bond donors (Lipinski definition) is 1. The number of nitrogens with one attached hydrogen (secondary N) is 1. The lowest BCUT2D eigenvalue weighted by molar-refractivity contribution is 0.102. The van der Waals surface area contributed by atoms with Gasteiger partial charge in [-0.15, -0.1) is 0 Å². The summed E-state index contributed by atoms with van der Waals surface area (Å²) < 4.78 is 0. The molecule has 0 saturated carbocycles. The van der Waals surface area contributed by atoms with Crippen LogP contribution in [0.1, 0.15) is 36.7 Å². The van der Waals surface area contributed by atoms with E-state index in [1.165, 1.54) is 0 Å². The Kier molecular flexibility index (Phi) is 3.87. The smallest absolute Gasteiger partial charge is 0.255 e. The van der Waals surface area contributed by atoms with Crippen molar-refractivity contribution in [1.29, 1.82) is 0 Å². The third-order valence-electron chi connectivity index (χ3n) is 3.85. The second kappa shape index (κ2) is 5.84. The Labute approximate surface area is 136 Å². The van der Waals surface area contributed by atoms with E-state index in [1.54, 1.807) is 6.20 Å². The first-order valence-corrected chi connectivity index (χ1v) is 7.70. The molecule has 0 aliphatic heterocycles. The summed E-state index contributed by atoms with van der Waals surface area (Å²) in [5.74, 6) is -0.0978. The normalized spacial score (nSPS) is 11.4. The third-order valence-corrected chi connectivity index (χ3v) is 3.85. The van der Waals surface area contributed by atoms with Crippen molar-refractivity contribution in [2.75, 3.05) is 5.32 Å². The van der Waals surface area contributed by atoms with Gasteiger partial charge in [-0.1, -0.05) is 39.0 Å². The van der Waals surface area contributed by atoms with Gasteiger partial charge in [0.25, 0.3) is 5.91 Å². The standard InChI is InChI=1S/C20H20N2O/c1-20(2,3)16-8-4-6-15(12-16)19(23)22-17-9-10-18-14(13-17)7-5-11-21-18/h4-13H,1-3H3,(H,22,23). The van der Waals surface area contributed by atoms with Gasteiger partial charge < -0.3 is 5.32 Å². The van der Waals surface area contributed by atoms with E-state index in [4.69, 9.17) is 0 Å².